The van der Waals surface area contributed by atoms with Crippen LogP contribution < -0.4 is 5.32 Å². The van der Waals surface area contributed by atoms with Gasteiger partial charge in [-0.05, 0) is 38.5 Å². The molecule has 0 saturated heterocycles. The van der Waals surface area contributed by atoms with E-state index in [1.54, 1.807) is 0 Å². The summed E-state index contributed by atoms with van der Waals surface area (Å²) in [5.74, 6) is 0.847. The van der Waals surface area contributed by atoms with Crippen LogP contribution in [0.25, 0.3) is 0 Å². The maximum atomic E-state index is 5.59. The van der Waals surface area contributed by atoms with E-state index < -0.39 is 0 Å². The van der Waals surface area contributed by atoms with E-state index in [0.29, 0.717) is 18.2 Å². The van der Waals surface area contributed by atoms with E-state index in [4.69, 9.17) is 4.74 Å². The zero-order chi connectivity index (χ0) is 12.0. The molecule has 2 unspecified atom stereocenters. The Balaban J connectivity index is 2.15. The van der Waals surface area contributed by atoms with E-state index in [1.807, 2.05) is 0 Å². The molecule has 96 valence electrons. The first-order valence-electron chi connectivity index (χ1n) is 7.07. The van der Waals surface area contributed by atoms with Gasteiger partial charge >= 0.3 is 0 Å². The molecule has 0 aromatic carbocycles. The summed E-state index contributed by atoms with van der Waals surface area (Å²) in [6.45, 7) is 9.87. The Hall–Kier alpha value is -0.0800. The molecule has 0 amide bonds. The Morgan fingerprint density at radius 1 is 1.19 bits per heavy atom. The molecular formula is C14H29NO. The summed E-state index contributed by atoms with van der Waals surface area (Å²) in [5, 5.41) is 3.78. The standard InChI is InChI=1S/C14H29NO/c1-5-11(4)8-12(6-2)15-13-9-14(10-13)16-7-3/h11-15H,5-10H2,1-4H3. The molecule has 0 bridgehead atoms. The summed E-state index contributed by atoms with van der Waals surface area (Å²) in [7, 11) is 0. The van der Waals surface area contributed by atoms with Gasteiger partial charge in [0.25, 0.3) is 0 Å². The fraction of sp³-hybridized carbons (Fsp3) is 1.00. The number of nitrogens with one attached hydrogen (secondary N) is 1. The second-order valence-electron chi connectivity index (χ2n) is 5.27. The first-order valence-corrected chi connectivity index (χ1v) is 7.07. The van der Waals surface area contributed by atoms with Gasteiger partial charge in [0.2, 0.25) is 0 Å². The molecule has 2 heteroatoms. The van der Waals surface area contributed by atoms with Crippen molar-refractivity contribution in [1.29, 1.82) is 0 Å². The van der Waals surface area contributed by atoms with Crippen molar-refractivity contribution in [2.75, 3.05) is 6.61 Å². The van der Waals surface area contributed by atoms with Gasteiger partial charge in [-0.2, -0.15) is 0 Å². The van der Waals surface area contributed by atoms with E-state index in [-0.39, 0.29) is 0 Å². The summed E-state index contributed by atoms with van der Waals surface area (Å²) in [5.41, 5.74) is 0. The Labute approximate surface area is 101 Å². The topological polar surface area (TPSA) is 21.3 Å². The number of ether oxygens (including phenoxy) is 1. The van der Waals surface area contributed by atoms with Crippen LogP contribution in [-0.2, 0) is 4.74 Å². The van der Waals surface area contributed by atoms with E-state index in [9.17, 15) is 0 Å². The largest absolute Gasteiger partial charge is 0.378 e. The van der Waals surface area contributed by atoms with Crippen molar-refractivity contribution in [2.24, 2.45) is 5.92 Å². The summed E-state index contributed by atoms with van der Waals surface area (Å²) in [4.78, 5) is 0. The highest BCUT2D eigenvalue weighted by Crippen LogP contribution is 2.25. The van der Waals surface area contributed by atoms with Crippen molar-refractivity contribution >= 4 is 0 Å². The van der Waals surface area contributed by atoms with Gasteiger partial charge in [-0.1, -0.05) is 27.2 Å². The van der Waals surface area contributed by atoms with Crippen molar-refractivity contribution in [1.82, 2.24) is 5.32 Å². The SMILES string of the molecule is CCOC1CC(NC(CC)CC(C)CC)C1. The summed E-state index contributed by atoms with van der Waals surface area (Å²) in [6, 6.07) is 1.42. The maximum absolute atomic E-state index is 5.59. The van der Waals surface area contributed by atoms with E-state index in [1.165, 1.54) is 32.1 Å². The normalized spacial score (nSPS) is 28.5. The molecule has 1 N–H and O–H groups in total. The molecule has 0 aliphatic heterocycles. The van der Waals surface area contributed by atoms with Crippen molar-refractivity contribution in [3.63, 3.8) is 0 Å². The van der Waals surface area contributed by atoms with E-state index in [2.05, 4.69) is 33.0 Å². The smallest absolute Gasteiger partial charge is 0.0604 e. The quantitative estimate of drug-likeness (QED) is 0.686. The molecule has 0 radical (unpaired) electrons. The molecule has 2 atom stereocenters. The van der Waals surface area contributed by atoms with Gasteiger partial charge in [0.1, 0.15) is 0 Å². The third kappa shape index (κ3) is 4.42. The monoisotopic (exact) mass is 227 g/mol. The first-order chi connectivity index (χ1) is 7.69. The highest BCUT2D eigenvalue weighted by Gasteiger charge is 2.30. The first kappa shape index (κ1) is 14.0. The number of hydrogen-bond donors (Lipinski definition) is 1. The molecule has 1 rings (SSSR count). The van der Waals surface area contributed by atoms with Crippen LogP contribution in [0.2, 0.25) is 0 Å². The third-order valence-corrected chi connectivity index (χ3v) is 3.85. The lowest BCUT2D eigenvalue weighted by molar-refractivity contribution is -0.0130. The van der Waals surface area contributed by atoms with Gasteiger partial charge < -0.3 is 10.1 Å². The van der Waals surface area contributed by atoms with E-state index >= 15 is 0 Å². The Kier molecular flexibility index (Phi) is 6.37. The molecule has 1 aliphatic carbocycles. The molecule has 1 fully saturated rings. The minimum Gasteiger partial charge on any atom is -0.378 e. The second-order valence-corrected chi connectivity index (χ2v) is 5.27. The van der Waals surface area contributed by atoms with Crippen LogP contribution in [-0.4, -0.2) is 24.8 Å². The Morgan fingerprint density at radius 3 is 2.38 bits per heavy atom. The average Bonchev–Trinajstić information content (AvgIpc) is 2.24. The van der Waals surface area contributed by atoms with Crippen LogP contribution >= 0.6 is 0 Å². The molecule has 1 saturated carbocycles. The zero-order valence-electron chi connectivity index (χ0n) is 11.5. The summed E-state index contributed by atoms with van der Waals surface area (Å²) in [6.07, 6.45) is 6.83. The molecule has 2 nitrogen and oxygen atoms in total. The molecule has 0 spiro atoms. The van der Waals surface area contributed by atoms with Gasteiger partial charge in [0.15, 0.2) is 0 Å². The lowest BCUT2D eigenvalue weighted by atomic mass is 9.87. The highest BCUT2D eigenvalue weighted by atomic mass is 16.5. The van der Waals surface area contributed by atoms with Crippen LogP contribution in [0.5, 0.6) is 0 Å². The van der Waals surface area contributed by atoms with Gasteiger partial charge in [-0.3, -0.25) is 0 Å². The van der Waals surface area contributed by atoms with Crippen LogP contribution in [0.4, 0.5) is 0 Å². The van der Waals surface area contributed by atoms with Crippen LogP contribution in [0, 0.1) is 5.92 Å². The highest BCUT2D eigenvalue weighted by molar-refractivity contribution is 4.88. The fourth-order valence-electron chi connectivity index (χ4n) is 2.41. The molecule has 1 aliphatic rings. The zero-order valence-corrected chi connectivity index (χ0v) is 11.5. The Bertz CT molecular complexity index is 178. The van der Waals surface area contributed by atoms with Crippen LogP contribution in [0.3, 0.4) is 0 Å². The van der Waals surface area contributed by atoms with Gasteiger partial charge in [0, 0.05) is 18.7 Å². The molecular weight excluding hydrogens is 198 g/mol. The summed E-state index contributed by atoms with van der Waals surface area (Å²) >= 11 is 0. The lowest BCUT2D eigenvalue weighted by Gasteiger charge is -2.38. The minimum absolute atomic E-state index is 0.531. The van der Waals surface area contributed by atoms with Gasteiger partial charge in [-0.25, -0.2) is 0 Å². The molecule has 0 aromatic rings. The van der Waals surface area contributed by atoms with Crippen molar-refractivity contribution < 1.29 is 4.74 Å². The van der Waals surface area contributed by atoms with Gasteiger partial charge in [0.05, 0.1) is 6.10 Å². The fourth-order valence-corrected chi connectivity index (χ4v) is 2.41. The van der Waals surface area contributed by atoms with Crippen molar-refractivity contribution in [2.45, 2.75) is 78.0 Å². The Morgan fingerprint density at radius 2 is 1.88 bits per heavy atom. The lowest BCUT2D eigenvalue weighted by Crippen LogP contribution is -2.49. The molecule has 0 heterocycles. The van der Waals surface area contributed by atoms with Gasteiger partial charge in [-0.15, -0.1) is 0 Å². The second kappa shape index (κ2) is 7.29. The maximum Gasteiger partial charge on any atom is 0.0604 e. The van der Waals surface area contributed by atoms with Crippen LogP contribution in [0.15, 0.2) is 0 Å². The van der Waals surface area contributed by atoms with Crippen molar-refractivity contribution in [3.05, 3.63) is 0 Å². The number of hydrogen-bond acceptors (Lipinski definition) is 2. The third-order valence-electron chi connectivity index (χ3n) is 3.85. The molecule has 16 heavy (non-hydrogen) atoms. The summed E-state index contributed by atoms with van der Waals surface area (Å²) < 4.78 is 5.59. The minimum atomic E-state index is 0.531. The predicted molar refractivity (Wildman–Crippen MR) is 69.7 cm³/mol. The number of rotatable bonds is 8. The average molecular weight is 227 g/mol. The van der Waals surface area contributed by atoms with Crippen LogP contribution in [0.1, 0.15) is 59.8 Å². The predicted octanol–water partition coefficient (Wildman–Crippen LogP) is 3.36. The van der Waals surface area contributed by atoms with E-state index in [0.717, 1.165) is 12.5 Å². The molecule has 0 aromatic heterocycles. The van der Waals surface area contributed by atoms with Crippen molar-refractivity contribution in [3.8, 4) is 0 Å².